The van der Waals surface area contributed by atoms with Crippen LogP contribution in [0.15, 0.2) is 121 Å². The van der Waals surface area contributed by atoms with Gasteiger partial charge >= 0.3 is 0 Å². The van der Waals surface area contributed by atoms with Gasteiger partial charge in [-0.05, 0) is 99.9 Å². The molecule has 14 heteroatoms. The lowest BCUT2D eigenvalue weighted by molar-refractivity contribution is -1.73. The monoisotopic (exact) mass is 1090 g/mol. The zero-order valence-electron chi connectivity index (χ0n) is 47.5. The van der Waals surface area contributed by atoms with Crippen molar-refractivity contribution in [2.75, 3.05) is 72.0 Å². The molecule has 0 aromatic heterocycles. The van der Waals surface area contributed by atoms with Gasteiger partial charge in [-0.25, -0.2) is 9.80 Å². The van der Waals surface area contributed by atoms with Gasteiger partial charge in [-0.2, -0.15) is 0 Å². The average molecular weight is 1090 g/mol. The van der Waals surface area contributed by atoms with Crippen molar-refractivity contribution in [3.8, 4) is 0 Å². The molecule has 0 aliphatic rings. The normalized spacial score (nSPS) is 11.2. The number of hydrogen-bond acceptors (Lipinski definition) is 10. The van der Waals surface area contributed by atoms with E-state index < -0.39 is 21.6 Å². The van der Waals surface area contributed by atoms with Crippen LogP contribution < -0.4 is 57.4 Å². The van der Waals surface area contributed by atoms with Crippen LogP contribution in [0.2, 0.25) is 0 Å². The molecular formula is C62H94Cl2N6O6. The Hall–Kier alpha value is -4.44. The lowest BCUT2D eigenvalue weighted by Gasteiger charge is -2.27. The molecule has 76 heavy (non-hydrogen) atoms. The van der Waals surface area contributed by atoms with E-state index in [-0.39, 0.29) is 0 Å². The summed E-state index contributed by atoms with van der Waals surface area (Å²) in [5.74, 6) is 0. The van der Waals surface area contributed by atoms with Crippen molar-refractivity contribution >= 4 is 56.9 Å². The molecule has 5 rings (SSSR count). The molecule has 0 fully saturated rings. The first-order valence-electron chi connectivity index (χ1n) is 28.6. The highest BCUT2D eigenvalue weighted by molar-refractivity contribution is 5.60. The van der Waals surface area contributed by atoms with Crippen molar-refractivity contribution in [3.05, 3.63) is 121 Å². The molecule has 5 aromatic carbocycles. The van der Waals surface area contributed by atoms with E-state index in [0.717, 1.165) is 52.4 Å². The molecule has 0 unspecified atom stereocenters. The highest BCUT2D eigenvalue weighted by Crippen LogP contribution is 2.27. The minimum absolute atomic E-state index is 1.11. The Morgan fingerprint density at radius 3 is 0.487 bits per heavy atom. The third-order valence-electron chi connectivity index (χ3n) is 13.8. The van der Waals surface area contributed by atoms with E-state index in [9.17, 15) is 0 Å². The van der Waals surface area contributed by atoms with Crippen LogP contribution in [-0.2, 0) is 0 Å². The number of anilines is 4. The first kappa shape index (κ1) is 65.8. The van der Waals surface area contributed by atoms with E-state index in [1.807, 2.05) is 0 Å². The number of nitrogens with one attached hydrogen (secondary N) is 2. The third kappa shape index (κ3) is 23.7. The molecule has 0 radical (unpaired) electrons. The number of nitrogens with zero attached hydrogens (tertiary/aromatic N) is 4. The summed E-state index contributed by atoms with van der Waals surface area (Å²) >= 11 is 0. The van der Waals surface area contributed by atoms with E-state index in [4.69, 9.17) is 28.0 Å². The molecule has 0 atom stereocenters. The molecule has 0 spiro atoms. The number of benzene rings is 5. The fourth-order valence-electron chi connectivity index (χ4n) is 9.43. The van der Waals surface area contributed by atoms with Crippen LogP contribution in [0.1, 0.15) is 158 Å². The Kier molecular flexibility index (Phi) is 33.8. The van der Waals surface area contributed by atoms with Crippen molar-refractivity contribution in [2.24, 2.45) is 0 Å². The number of rotatable bonds is 34. The van der Waals surface area contributed by atoms with E-state index in [0.29, 0.717) is 0 Å². The average Bonchev–Trinajstić information content (AvgIpc) is 3.42. The third-order valence-corrected chi connectivity index (χ3v) is 13.8. The first-order chi connectivity index (χ1) is 36.9. The Bertz CT molecular complexity index is 1870. The Morgan fingerprint density at radius 1 is 0.250 bits per heavy atom. The van der Waals surface area contributed by atoms with Crippen LogP contribution in [0.4, 0.5) is 56.9 Å². The number of unbranched alkanes of at least 4 members (excludes halogenated alkanes) is 8. The van der Waals surface area contributed by atoms with Gasteiger partial charge in [0.2, 0.25) is 0 Å². The van der Waals surface area contributed by atoms with Gasteiger partial charge in [0.25, 0.3) is 0 Å². The van der Waals surface area contributed by atoms with Gasteiger partial charge in [-0.1, -0.05) is 107 Å². The minimum Gasteiger partial charge on any atom is -0.372 e. The second-order valence-corrected chi connectivity index (χ2v) is 20.4. The van der Waals surface area contributed by atoms with E-state index in [1.54, 1.807) is 0 Å². The second-order valence-electron chi connectivity index (χ2n) is 19.7. The Balaban J connectivity index is 0.00000177. The quantitative estimate of drug-likeness (QED) is 0.0409. The summed E-state index contributed by atoms with van der Waals surface area (Å²) < 4.78 is 50.4. The van der Waals surface area contributed by atoms with E-state index in [1.165, 1.54) is 169 Å². The maximum absolute atomic E-state index is 8.41. The molecule has 0 saturated heterocycles. The largest absolute Gasteiger partial charge is 0.372 e. The molecule has 0 amide bonds. The summed E-state index contributed by atoms with van der Waals surface area (Å²) in [7, 11) is -5.70. The van der Waals surface area contributed by atoms with Crippen molar-refractivity contribution in [3.63, 3.8) is 0 Å². The van der Waals surface area contributed by atoms with Gasteiger partial charge in [-0.15, -0.1) is 0 Å². The maximum atomic E-state index is 8.41. The molecule has 422 valence electrons. The fourth-order valence-corrected chi connectivity index (χ4v) is 9.43. The van der Waals surface area contributed by atoms with Crippen molar-refractivity contribution < 1.29 is 59.3 Å². The smallest absolute Gasteiger partial charge is 0.141 e. The number of halogens is 2. The highest BCUT2D eigenvalue weighted by atomic mass is 35.6. The van der Waals surface area contributed by atoms with Crippen LogP contribution in [0, 0.1) is 21.6 Å². The van der Waals surface area contributed by atoms with Gasteiger partial charge in [-0.3, -0.25) is 0 Å². The second kappa shape index (κ2) is 39.0. The molecule has 0 saturated carbocycles. The van der Waals surface area contributed by atoms with Crippen LogP contribution in [0.25, 0.3) is 0 Å². The topological polar surface area (TPSA) is 160 Å². The van der Waals surface area contributed by atoms with E-state index in [2.05, 4.69) is 196 Å². The van der Waals surface area contributed by atoms with Crippen molar-refractivity contribution in [1.82, 2.24) is 0 Å². The predicted octanol–water partition coefficient (Wildman–Crippen LogP) is 8.54. The molecule has 2 N–H and O–H groups in total. The summed E-state index contributed by atoms with van der Waals surface area (Å²) in [5.41, 5.74) is 12.8. The Morgan fingerprint density at radius 2 is 0.368 bits per heavy atom. The minimum atomic E-state index is -2.85. The molecule has 0 aliphatic carbocycles. The fraction of sp³-hybridized carbons (Fsp3) is 0.516. The standard InChI is InChI=1S/C62H92N6.2ClO3/c1-9-17-45-63(46-18-10-2)53-25-33-57(34-26-53)67(58-35-27-54(28-36-58)64(47-19-11-3)48-20-12-4)61-41-43-62(44-42-61)68(59-37-29-55(30-38-59)65(49-21-13-5)50-22-14-6)60-39-31-56(32-40-60)66(51-23-15-7)52-24-16-8;2*2-1(3)4/h25-44H,9-24,45-52H2,1-8H3;;/q;2*-1/p+2. The molecule has 0 aliphatic heterocycles. The van der Waals surface area contributed by atoms with E-state index >= 15 is 0 Å². The van der Waals surface area contributed by atoms with Gasteiger partial charge in [0, 0.05) is 148 Å². The van der Waals surface area contributed by atoms with Crippen LogP contribution >= 0.6 is 0 Å². The predicted molar refractivity (Wildman–Crippen MR) is 300 cm³/mol. The van der Waals surface area contributed by atoms with Crippen molar-refractivity contribution in [2.45, 2.75) is 158 Å². The SMILES string of the molecule is CCCCN(CCCC)c1ccc([NH+](c2ccc(N(CCCC)CCCC)cc2)c2ccc([NH+](c3ccc(N(CCCC)CCCC)cc3)c3ccc(N(CCCC)CCCC)cc3)cc2)cc1.[O-][Cl+2]([O-])[O-].[O-][Cl+2]([O-])[O-]. The van der Waals surface area contributed by atoms with Crippen LogP contribution in [0.5, 0.6) is 0 Å². The summed E-state index contributed by atoms with van der Waals surface area (Å²) in [5, 5.41) is 0. The lowest BCUT2D eigenvalue weighted by atomic mass is 10.1. The Labute approximate surface area is 465 Å². The summed E-state index contributed by atoms with van der Waals surface area (Å²) in [4.78, 5) is 13.0. The van der Waals surface area contributed by atoms with Gasteiger partial charge in [0.05, 0.1) is 21.6 Å². The lowest BCUT2D eigenvalue weighted by Crippen LogP contribution is -2.97. The van der Waals surface area contributed by atoms with Crippen molar-refractivity contribution in [1.29, 1.82) is 0 Å². The molecule has 0 bridgehead atoms. The molecule has 12 nitrogen and oxygen atoms in total. The van der Waals surface area contributed by atoms with Gasteiger partial charge < -0.3 is 47.6 Å². The molecule has 5 aromatic rings. The maximum Gasteiger partial charge on any atom is 0.141 e. The van der Waals surface area contributed by atoms with Crippen LogP contribution in [-0.4, -0.2) is 52.4 Å². The summed E-state index contributed by atoms with van der Waals surface area (Å²) in [6.07, 6.45) is 19.4. The molecule has 0 heterocycles. The highest BCUT2D eigenvalue weighted by Gasteiger charge is 2.25. The van der Waals surface area contributed by atoms with Gasteiger partial charge in [0.15, 0.2) is 0 Å². The summed E-state index contributed by atoms with van der Waals surface area (Å²) in [6.45, 7) is 27.3. The van der Waals surface area contributed by atoms with Crippen LogP contribution in [0.3, 0.4) is 0 Å². The zero-order chi connectivity index (χ0) is 55.5. The number of hydrogen-bond donors (Lipinski definition) is 2. The number of quaternary nitrogens is 2. The zero-order valence-corrected chi connectivity index (χ0v) is 49.0. The van der Waals surface area contributed by atoms with Gasteiger partial charge in [0.1, 0.15) is 34.1 Å². The first-order valence-corrected chi connectivity index (χ1v) is 30.5. The summed E-state index contributed by atoms with van der Waals surface area (Å²) in [6, 6.07) is 47.5. The molecular weight excluding hydrogens is 996 g/mol.